The van der Waals surface area contributed by atoms with Crippen molar-refractivity contribution in [2.24, 2.45) is 5.41 Å². The van der Waals surface area contributed by atoms with Crippen molar-refractivity contribution >= 4 is 11.9 Å². The van der Waals surface area contributed by atoms with Gasteiger partial charge in [-0.2, -0.15) is 0 Å². The molecule has 1 heterocycles. The quantitative estimate of drug-likeness (QED) is 0.652. The summed E-state index contributed by atoms with van der Waals surface area (Å²) in [5, 5.41) is 0. The van der Waals surface area contributed by atoms with Gasteiger partial charge in [-0.3, -0.25) is 4.79 Å². The number of ether oxygens (including phenoxy) is 1. The van der Waals surface area contributed by atoms with E-state index in [-0.39, 0.29) is 11.5 Å². The molecule has 0 aromatic heterocycles. The van der Waals surface area contributed by atoms with Crippen LogP contribution in [0.5, 0.6) is 0 Å². The minimum Gasteiger partial charge on any atom is -0.444 e. The normalized spacial score (nSPS) is 29.1. The second-order valence-electron chi connectivity index (χ2n) is 6.21. The average molecular weight is 239 g/mol. The molecule has 0 N–H and O–H groups in total. The van der Waals surface area contributed by atoms with Crippen LogP contribution < -0.4 is 0 Å². The molecule has 96 valence electrons. The number of Topliss-reactive ketones (excluding diaryl/α,β-unsaturated/α-hetero) is 1. The Bertz CT molecular complexity index is 345. The Labute approximate surface area is 102 Å². The van der Waals surface area contributed by atoms with E-state index in [2.05, 4.69) is 0 Å². The van der Waals surface area contributed by atoms with E-state index in [1.54, 1.807) is 4.90 Å². The number of rotatable bonds is 0. The van der Waals surface area contributed by atoms with Crippen LogP contribution in [0.25, 0.3) is 0 Å². The fourth-order valence-corrected chi connectivity index (χ4v) is 2.78. The first kappa shape index (κ1) is 12.4. The Kier molecular flexibility index (Phi) is 2.92. The van der Waals surface area contributed by atoms with Crippen molar-refractivity contribution in [1.82, 2.24) is 4.90 Å². The van der Waals surface area contributed by atoms with Gasteiger partial charge in [-0.05, 0) is 40.0 Å². The molecule has 1 saturated heterocycles. The monoisotopic (exact) mass is 239 g/mol. The van der Waals surface area contributed by atoms with Crippen molar-refractivity contribution in [2.75, 3.05) is 13.1 Å². The molecule has 0 radical (unpaired) electrons. The Hall–Kier alpha value is -1.06. The maximum absolute atomic E-state index is 11.9. The van der Waals surface area contributed by atoms with Crippen LogP contribution in [0, 0.1) is 5.41 Å². The van der Waals surface area contributed by atoms with Gasteiger partial charge >= 0.3 is 6.09 Å². The van der Waals surface area contributed by atoms with Crippen molar-refractivity contribution in [3.05, 3.63) is 0 Å². The Balaban J connectivity index is 1.98. The highest BCUT2D eigenvalue weighted by Gasteiger charge is 2.48. The van der Waals surface area contributed by atoms with E-state index in [0.29, 0.717) is 25.3 Å². The zero-order chi connectivity index (χ0) is 12.7. The Morgan fingerprint density at radius 3 is 2.59 bits per heavy atom. The minimum absolute atomic E-state index is 0.239. The van der Waals surface area contributed by atoms with Crippen LogP contribution in [0.4, 0.5) is 4.79 Å². The molecule has 0 aromatic carbocycles. The van der Waals surface area contributed by atoms with Crippen molar-refractivity contribution in [2.45, 2.75) is 52.1 Å². The molecule has 1 amide bonds. The highest BCUT2D eigenvalue weighted by atomic mass is 16.6. The smallest absolute Gasteiger partial charge is 0.410 e. The lowest BCUT2D eigenvalue weighted by Gasteiger charge is -2.26. The molecule has 0 unspecified atom stereocenters. The number of hydrogen-bond acceptors (Lipinski definition) is 3. The van der Waals surface area contributed by atoms with Gasteiger partial charge in [-0.15, -0.1) is 0 Å². The van der Waals surface area contributed by atoms with Gasteiger partial charge in [0.15, 0.2) is 0 Å². The lowest BCUT2D eigenvalue weighted by molar-refractivity contribution is -0.125. The molecule has 1 saturated carbocycles. The summed E-state index contributed by atoms with van der Waals surface area (Å²) < 4.78 is 5.34. The first-order chi connectivity index (χ1) is 7.82. The maximum Gasteiger partial charge on any atom is 0.410 e. The number of carbonyl (C=O) groups is 2. The second-order valence-corrected chi connectivity index (χ2v) is 6.21. The zero-order valence-corrected chi connectivity index (χ0v) is 10.9. The van der Waals surface area contributed by atoms with Gasteiger partial charge in [0.2, 0.25) is 0 Å². The van der Waals surface area contributed by atoms with E-state index in [0.717, 1.165) is 19.3 Å². The van der Waals surface area contributed by atoms with Crippen LogP contribution in [0.15, 0.2) is 0 Å². The van der Waals surface area contributed by atoms with Gasteiger partial charge in [0.1, 0.15) is 11.4 Å². The molecular formula is C13H21NO3. The van der Waals surface area contributed by atoms with Gasteiger partial charge in [-0.1, -0.05) is 0 Å². The minimum atomic E-state index is -0.466. The lowest BCUT2D eigenvalue weighted by Crippen LogP contribution is -2.37. The molecule has 1 aliphatic heterocycles. The van der Waals surface area contributed by atoms with E-state index < -0.39 is 5.60 Å². The third-order valence-corrected chi connectivity index (χ3v) is 3.66. The van der Waals surface area contributed by atoms with Crippen LogP contribution in [0.1, 0.15) is 46.5 Å². The van der Waals surface area contributed by atoms with Gasteiger partial charge < -0.3 is 9.64 Å². The van der Waals surface area contributed by atoms with Gasteiger partial charge in [0.05, 0.1) is 0 Å². The SMILES string of the molecule is CC(C)(C)OC(=O)N1CC[C@]2(CCCC2=O)C1. The highest BCUT2D eigenvalue weighted by molar-refractivity contribution is 5.88. The molecule has 0 bridgehead atoms. The predicted molar refractivity (Wildman–Crippen MR) is 63.7 cm³/mol. The van der Waals surface area contributed by atoms with Gasteiger partial charge in [0.25, 0.3) is 0 Å². The zero-order valence-electron chi connectivity index (χ0n) is 10.9. The van der Waals surface area contributed by atoms with Crippen LogP contribution in [-0.2, 0) is 9.53 Å². The summed E-state index contributed by atoms with van der Waals surface area (Å²) in [6.07, 6.45) is 3.12. The number of ketones is 1. The highest BCUT2D eigenvalue weighted by Crippen LogP contribution is 2.42. The average Bonchev–Trinajstić information content (AvgIpc) is 2.74. The first-order valence-corrected chi connectivity index (χ1v) is 6.34. The molecule has 1 atom stereocenters. The maximum atomic E-state index is 11.9. The fraction of sp³-hybridized carbons (Fsp3) is 0.846. The molecule has 4 nitrogen and oxygen atoms in total. The van der Waals surface area contributed by atoms with E-state index in [1.165, 1.54) is 0 Å². The molecule has 1 spiro atoms. The number of nitrogens with zero attached hydrogens (tertiary/aromatic N) is 1. The Morgan fingerprint density at radius 1 is 1.35 bits per heavy atom. The molecule has 4 heteroatoms. The van der Waals surface area contributed by atoms with E-state index >= 15 is 0 Å². The molecule has 1 aliphatic carbocycles. The molecule has 2 rings (SSSR count). The first-order valence-electron chi connectivity index (χ1n) is 6.34. The number of amides is 1. The van der Waals surface area contributed by atoms with Gasteiger partial charge in [0, 0.05) is 24.9 Å². The summed E-state index contributed by atoms with van der Waals surface area (Å²) in [6, 6.07) is 0. The molecule has 2 fully saturated rings. The summed E-state index contributed by atoms with van der Waals surface area (Å²) in [4.78, 5) is 25.5. The standard InChI is InChI=1S/C13H21NO3/c1-12(2,3)17-11(16)14-8-7-13(9-14)6-4-5-10(13)15/h4-9H2,1-3H3/t13-/m1/s1. The van der Waals surface area contributed by atoms with Crippen molar-refractivity contribution in [1.29, 1.82) is 0 Å². The summed E-state index contributed by atoms with van der Waals surface area (Å²) in [6.45, 7) is 6.79. The molecule has 2 aliphatic rings. The van der Waals surface area contributed by atoms with E-state index in [1.807, 2.05) is 20.8 Å². The molecule has 0 aromatic rings. The van der Waals surface area contributed by atoms with E-state index in [9.17, 15) is 9.59 Å². The van der Waals surface area contributed by atoms with Crippen LogP contribution in [0.2, 0.25) is 0 Å². The van der Waals surface area contributed by atoms with Crippen LogP contribution >= 0.6 is 0 Å². The molecule has 17 heavy (non-hydrogen) atoms. The number of likely N-dealkylation sites (tertiary alicyclic amines) is 1. The number of carbonyl (C=O) groups excluding carboxylic acids is 2. The largest absolute Gasteiger partial charge is 0.444 e. The number of hydrogen-bond donors (Lipinski definition) is 0. The van der Waals surface area contributed by atoms with Crippen LogP contribution in [-0.4, -0.2) is 35.5 Å². The van der Waals surface area contributed by atoms with Crippen molar-refractivity contribution in [3.8, 4) is 0 Å². The summed E-state index contributed by atoms with van der Waals surface area (Å²) in [5.74, 6) is 0.337. The van der Waals surface area contributed by atoms with Gasteiger partial charge in [-0.25, -0.2) is 4.79 Å². The summed E-state index contributed by atoms with van der Waals surface area (Å²) in [7, 11) is 0. The summed E-state index contributed by atoms with van der Waals surface area (Å²) in [5.41, 5.74) is -0.705. The van der Waals surface area contributed by atoms with Crippen LogP contribution in [0.3, 0.4) is 0 Å². The van der Waals surface area contributed by atoms with Crippen molar-refractivity contribution < 1.29 is 14.3 Å². The predicted octanol–water partition coefficient (Wildman–Crippen LogP) is 2.37. The summed E-state index contributed by atoms with van der Waals surface area (Å²) >= 11 is 0. The van der Waals surface area contributed by atoms with Crippen molar-refractivity contribution in [3.63, 3.8) is 0 Å². The third-order valence-electron chi connectivity index (χ3n) is 3.66. The lowest BCUT2D eigenvalue weighted by atomic mass is 9.85. The second kappa shape index (κ2) is 4.00. The Morgan fingerprint density at radius 2 is 2.06 bits per heavy atom. The molecular weight excluding hydrogens is 218 g/mol. The fourth-order valence-electron chi connectivity index (χ4n) is 2.78. The topological polar surface area (TPSA) is 46.6 Å². The third kappa shape index (κ3) is 2.45. The van der Waals surface area contributed by atoms with E-state index in [4.69, 9.17) is 4.74 Å².